The number of benzene rings is 1. The van der Waals surface area contributed by atoms with Crippen LogP contribution >= 0.6 is 0 Å². The highest BCUT2D eigenvalue weighted by Gasteiger charge is 2.68. The Bertz CT molecular complexity index is 867. The lowest BCUT2D eigenvalue weighted by molar-refractivity contribution is 0.0703. The summed E-state index contributed by atoms with van der Waals surface area (Å²) >= 11 is 0. The predicted molar refractivity (Wildman–Crippen MR) is 84.7 cm³/mol. The summed E-state index contributed by atoms with van der Waals surface area (Å²) in [4.78, 5) is 0. The molecular weight excluding hydrogens is 296 g/mol. The van der Waals surface area contributed by atoms with Crippen LogP contribution in [0, 0.1) is 62.1 Å². The number of nitrogens with zero attached hydrogens (tertiary/aromatic N) is 4. The SMILES string of the molecule is N#CC1(C#N)C[C@H](C=C2[C@H]3CC[C@H]2c2ccccc23)C1(C#N)C#N. The molecule has 0 unspecified atom stereocenters. The summed E-state index contributed by atoms with van der Waals surface area (Å²) in [5.41, 5.74) is 0.914. The molecule has 3 aliphatic carbocycles. The Morgan fingerprint density at radius 3 is 1.88 bits per heavy atom. The van der Waals surface area contributed by atoms with Gasteiger partial charge in [0.1, 0.15) is 0 Å². The molecule has 2 bridgehead atoms. The molecule has 3 aliphatic rings. The maximum atomic E-state index is 9.60. The lowest BCUT2D eigenvalue weighted by Crippen LogP contribution is -2.55. The van der Waals surface area contributed by atoms with E-state index < -0.39 is 10.8 Å². The molecule has 0 heterocycles. The molecule has 0 spiro atoms. The summed E-state index contributed by atoms with van der Waals surface area (Å²) in [5, 5.41) is 37.9. The molecule has 4 heteroatoms. The van der Waals surface area contributed by atoms with Gasteiger partial charge in [-0.2, -0.15) is 21.0 Å². The number of hydrogen-bond donors (Lipinski definition) is 0. The molecule has 0 aliphatic heterocycles. The van der Waals surface area contributed by atoms with Crippen molar-refractivity contribution in [3.05, 3.63) is 47.0 Å². The third-order valence-corrected chi connectivity index (χ3v) is 6.18. The first-order chi connectivity index (χ1) is 11.7. The molecule has 1 aromatic carbocycles. The molecule has 3 atom stereocenters. The van der Waals surface area contributed by atoms with E-state index in [2.05, 4.69) is 12.1 Å². The van der Waals surface area contributed by atoms with Crippen LogP contribution in [0.4, 0.5) is 0 Å². The van der Waals surface area contributed by atoms with Crippen LogP contribution in [0.1, 0.15) is 42.2 Å². The fourth-order valence-corrected chi connectivity index (χ4v) is 4.88. The zero-order valence-corrected chi connectivity index (χ0v) is 13.0. The highest BCUT2D eigenvalue weighted by Crippen LogP contribution is 2.63. The molecule has 24 heavy (non-hydrogen) atoms. The number of allylic oxidation sites excluding steroid dienone is 2. The van der Waals surface area contributed by atoms with Gasteiger partial charge < -0.3 is 0 Å². The molecule has 0 saturated heterocycles. The van der Waals surface area contributed by atoms with Crippen LogP contribution in [-0.2, 0) is 0 Å². The Labute approximate surface area is 140 Å². The minimum Gasteiger partial charge on any atom is -0.196 e. The Kier molecular flexibility index (Phi) is 2.85. The van der Waals surface area contributed by atoms with Crippen LogP contribution in [0.3, 0.4) is 0 Å². The van der Waals surface area contributed by atoms with E-state index in [0.717, 1.165) is 12.8 Å². The van der Waals surface area contributed by atoms with Gasteiger partial charge in [-0.25, -0.2) is 0 Å². The Balaban J connectivity index is 1.75. The zero-order chi connectivity index (χ0) is 16.9. The highest BCUT2D eigenvalue weighted by atomic mass is 14.7. The molecule has 0 aromatic heterocycles. The second-order valence-corrected chi connectivity index (χ2v) is 6.95. The van der Waals surface area contributed by atoms with Gasteiger partial charge in [0.15, 0.2) is 10.8 Å². The van der Waals surface area contributed by atoms with Gasteiger partial charge in [-0.1, -0.05) is 35.9 Å². The summed E-state index contributed by atoms with van der Waals surface area (Å²) in [7, 11) is 0. The van der Waals surface area contributed by atoms with Gasteiger partial charge in [-0.05, 0) is 30.4 Å². The quantitative estimate of drug-likeness (QED) is 0.739. The molecule has 1 aromatic rings. The van der Waals surface area contributed by atoms with E-state index in [0.29, 0.717) is 11.8 Å². The van der Waals surface area contributed by atoms with Gasteiger partial charge in [0.25, 0.3) is 0 Å². The molecule has 2 saturated carbocycles. The number of hydrogen-bond acceptors (Lipinski definition) is 4. The first-order valence-electron chi connectivity index (χ1n) is 8.12. The minimum atomic E-state index is -1.56. The summed E-state index contributed by atoms with van der Waals surface area (Å²) in [6.45, 7) is 0. The van der Waals surface area contributed by atoms with E-state index in [1.165, 1.54) is 16.7 Å². The smallest absolute Gasteiger partial charge is 0.181 e. The van der Waals surface area contributed by atoms with E-state index in [4.69, 9.17) is 0 Å². The number of fused-ring (bicyclic) bond motifs is 5. The standard InChI is InChI=1S/C20H14N4/c21-9-19(10-22)8-13(20(19,11-23)12-24)7-18-16-5-6-17(18)15-4-2-1-3-14(15)16/h1-4,7,13,16-17H,5-6,8H2/t13-,16-,17-/m0/s1. The Morgan fingerprint density at radius 2 is 1.42 bits per heavy atom. The van der Waals surface area contributed by atoms with Crippen LogP contribution < -0.4 is 0 Å². The summed E-state index contributed by atoms with van der Waals surface area (Å²) in [6, 6.07) is 16.3. The van der Waals surface area contributed by atoms with Crippen LogP contribution in [0.25, 0.3) is 0 Å². The summed E-state index contributed by atoms with van der Waals surface area (Å²) in [6.07, 6.45) is 4.49. The van der Waals surface area contributed by atoms with Crippen molar-refractivity contribution in [2.75, 3.05) is 0 Å². The molecule has 0 N–H and O–H groups in total. The van der Waals surface area contributed by atoms with E-state index in [1.54, 1.807) is 0 Å². The van der Waals surface area contributed by atoms with Gasteiger partial charge >= 0.3 is 0 Å². The summed E-state index contributed by atoms with van der Waals surface area (Å²) < 4.78 is 0. The summed E-state index contributed by atoms with van der Waals surface area (Å²) in [5.74, 6) is 0.375. The predicted octanol–water partition coefficient (Wildman–Crippen LogP) is 3.67. The Hall–Kier alpha value is -3.08. The molecule has 0 amide bonds. The van der Waals surface area contributed by atoms with Crippen molar-refractivity contribution in [3.63, 3.8) is 0 Å². The Morgan fingerprint density at radius 1 is 0.875 bits per heavy atom. The fraction of sp³-hybridized carbons (Fsp3) is 0.400. The monoisotopic (exact) mass is 310 g/mol. The third kappa shape index (κ3) is 1.44. The normalized spacial score (nSPS) is 30.0. The van der Waals surface area contributed by atoms with Crippen molar-refractivity contribution in [2.45, 2.75) is 31.1 Å². The van der Waals surface area contributed by atoms with Crippen molar-refractivity contribution in [1.29, 1.82) is 21.0 Å². The minimum absolute atomic E-state index is 0.264. The first-order valence-corrected chi connectivity index (χ1v) is 8.12. The van der Waals surface area contributed by atoms with Crippen LogP contribution in [0.15, 0.2) is 35.9 Å². The average molecular weight is 310 g/mol. The lowest BCUT2D eigenvalue weighted by Gasteiger charge is -2.47. The molecule has 2 fully saturated rings. The van der Waals surface area contributed by atoms with Crippen molar-refractivity contribution < 1.29 is 0 Å². The maximum Gasteiger partial charge on any atom is 0.181 e. The van der Waals surface area contributed by atoms with E-state index in [9.17, 15) is 21.0 Å². The molecule has 114 valence electrons. The topological polar surface area (TPSA) is 95.2 Å². The van der Waals surface area contributed by atoms with Gasteiger partial charge in [0, 0.05) is 17.8 Å². The van der Waals surface area contributed by atoms with Gasteiger partial charge in [-0.3, -0.25) is 0 Å². The second kappa shape index (κ2) is 4.71. The highest BCUT2D eigenvalue weighted by molar-refractivity contribution is 5.54. The maximum absolute atomic E-state index is 9.60. The number of nitriles is 4. The first kappa shape index (κ1) is 14.5. The molecule has 0 radical (unpaired) electrons. The third-order valence-electron chi connectivity index (χ3n) is 6.18. The molecular formula is C20H14N4. The second-order valence-electron chi connectivity index (χ2n) is 6.95. The largest absolute Gasteiger partial charge is 0.196 e. The van der Waals surface area contributed by atoms with Crippen LogP contribution in [0.5, 0.6) is 0 Å². The molecule has 4 rings (SSSR count). The van der Waals surface area contributed by atoms with Crippen molar-refractivity contribution in [1.82, 2.24) is 0 Å². The fourth-order valence-electron chi connectivity index (χ4n) is 4.88. The molecule has 4 nitrogen and oxygen atoms in total. The van der Waals surface area contributed by atoms with Gasteiger partial charge in [-0.15, -0.1) is 0 Å². The van der Waals surface area contributed by atoms with Gasteiger partial charge in [0.2, 0.25) is 0 Å². The van der Waals surface area contributed by atoms with E-state index in [-0.39, 0.29) is 12.3 Å². The van der Waals surface area contributed by atoms with Crippen molar-refractivity contribution in [3.8, 4) is 24.3 Å². The number of rotatable bonds is 1. The lowest BCUT2D eigenvalue weighted by atomic mass is 9.45. The van der Waals surface area contributed by atoms with Crippen molar-refractivity contribution >= 4 is 0 Å². The van der Waals surface area contributed by atoms with Crippen LogP contribution in [0.2, 0.25) is 0 Å². The average Bonchev–Trinajstić information content (AvgIpc) is 3.15. The van der Waals surface area contributed by atoms with Gasteiger partial charge in [0.05, 0.1) is 24.3 Å². The van der Waals surface area contributed by atoms with E-state index >= 15 is 0 Å². The van der Waals surface area contributed by atoms with E-state index in [1.807, 2.05) is 42.5 Å². The zero-order valence-electron chi connectivity index (χ0n) is 13.0. The van der Waals surface area contributed by atoms with Crippen molar-refractivity contribution in [2.24, 2.45) is 16.7 Å². The van der Waals surface area contributed by atoms with Crippen LogP contribution in [-0.4, -0.2) is 0 Å².